The van der Waals surface area contributed by atoms with Gasteiger partial charge in [0, 0.05) is 17.6 Å². The second kappa shape index (κ2) is 9.11. The monoisotopic (exact) mass is 447 g/mol. The fourth-order valence-electron chi connectivity index (χ4n) is 4.77. The molecule has 0 amide bonds. The second-order valence-corrected chi connectivity index (χ2v) is 9.27. The van der Waals surface area contributed by atoms with Gasteiger partial charge in [0.25, 0.3) is 0 Å². The van der Waals surface area contributed by atoms with Crippen molar-refractivity contribution < 1.29 is 24.2 Å². The molecule has 3 atom stereocenters. The third-order valence-corrected chi connectivity index (χ3v) is 6.41. The topological polar surface area (TPSA) is 96.6 Å². The first-order valence-electron chi connectivity index (χ1n) is 10.9. The lowest BCUT2D eigenvalue weighted by atomic mass is 9.74. The molecule has 2 aromatic carbocycles. The highest BCUT2D eigenvalue weighted by atomic mass is 16.5. The zero-order valence-electron chi connectivity index (χ0n) is 19.3. The van der Waals surface area contributed by atoms with Gasteiger partial charge in [0.15, 0.2) is 0 Å². The number of hydrogen-bond acceptors (Lipinski definition) is 5. The summed E-state index contributed by atoms with van der Waals surface area (Å²) in [5, 5.41) is 21.1. The van der Waals surface area contributed by atoms with Crippen LogP contribution in [0, 0.1) is 34.0 Å². The number of carbonyl (C=O) groups excluding carboxylic acids is 1. The summed E-state index contributed by atoms with van der Waals surface area (Å²) < 4.78 is 11.5. The van der Waals surface area contributed by atoms with Gasteiger partial charge in [0.2, 0.25) is 5.60 Å². The highest BCUT2D eigenvalue weighted by Crippen LogP contribution is 2.77. The van der Waals surface area contributed by atoms with Crippen LogP contribution in [0.15, 0.2) is 72.8 Å². The van der Waals surface area contributed by atoms with Crippen molar-refractivity contribution in [2.75, 3.05) is 6.61 Å². The fourth-order valence-corrected chi connectivity index (χ4v) is 4.77. The molecule has 1 aliphatic carbocycles. The molecule has 0 aliphatic heterocycles. The van der Waals surface area contributed by atoms with Gasteiger partial charge in [-0.2, -0.15) is 5.26 Å². The number of allylic oxidation sites excluding steroid dienone is 1. The molecule has 1 N–H and O–H groups in total. The number of carboxylic acids is 1. The summed E-state index contributed by atoms with van der Waals surface area (Å²) in [5.41, 5.74) is -3.96. The first kappa shape index (κ1) is 24.1. The minimum atomic E-state index is -1.85. The number of para-hydroxylation sites is 1. The lowest BCUT2D eigenvalue weighted by molar-refractivity contribution is -0.154. The molecule has 0 aromatic heterocycles. The molecular weight excluding hydrogens is 418 g/mol. The quantitative estimate of drug-likeness (QED) is 0.431. The number of nitrogens with zero attached hydrogens (tertiary/aromatic N) is 1. The van der Waals surface area contributed by atoms with Gasteiger partial charge in [-0.15, -0.1) is 0 Å². The molecular formula is C27H29NO5. The van der Waals surface area contributed by atoms with Gasteiger partial charge in [-0.3, -0.25) is 4.79 Å². The standard InChI is InChI=1S/C27H29NO5/c1-19(2)17-32-23(29)16-15-22-25(3,4)27(22,24(30)31)26(18-28,20-11-7-5-8-12-20)33-21-13-9-6-10-14-21/h5-16,19,22H,17H2,1-4H3,(H,30,31)/b16-15-/t22-,26+,27-/m1/s1. The third kappa shape index (κ3) is 4.00. The van der Waals surface area contributed by atoms with Crippen LogP contribution in [0.25, 0.3) is 0 Å². The predicted octanol–water partition coefficient (Wildman–Crippen LogP) is 4.97. The van der Waals surface area contributed by atoms with Crippen molar-refractivity contribution in [2.45, 2.75) is 33.3 Å². The summed E-state index contributed by atoms with van der Waals surface area (Å²) >= 11 is 0. The number of carbonyl (C=O) groups is 2. The van der Waals surface area contributed by atoms with Gasteiger partial charge < -0.3 is 14.6 Å². The molecule has 3 rings (SSSR count). The molecule has 0 spiro atoms. The molecule has 1 saturated carbocycles. The van der Waals surface area contributed by atoms with E-state index >= 15 is 0 Å². The normalized spacial score (nSPS) is 22.8. The summed E-state index contributed by atoms with van der Waals surface area (Å²) in [5.74, 6) is -1.81. The van der Waals surface area contributed by atoms with Crippen LogP contribution in [0.1, 0.15) is 33.3 Å². The second-order valence-electron chi connectivity index (χ2n) is 9.27. The van der Waals surface area contributed by atoms with Crippen LogP contribution in [-0.2, 0) is 19.9 Å². The van der Waals surface area contributed by atoms with E-state index in [-0.39, 0.29) is 12.5 Å². The summed E-state index contributed by atoms with van der Waals surface area (Å²) in [7, 11) is 0. The molecule has 0 radical (unpaired) electrons. The minimum Gasteiger partial charge on any atom is -0.481 e. The van der Waals surface area contributed by atoms with E-state index in [0.717, 1.165) is 0 Å². The van der Waals surface area contributed by atoms with Crippen LogP contribution >= 0.6 is 0 Å². The summed E-state index contributed by atoms with van der Waals surface area (Å²) in [4.78, 5) is 25.2. The van der Waals surface area contributed by atoms with Crippen LogP contribution < -0.4 is 4.74 Å². The highest BCUT2D eigenvalue weighted by Gasteiger charge is 2.85. The van der Waals surface area contributed by atoms with Gasteiger partial charge in [0.05, 0.1) is 6.61 Å². The van der Waals surface area contributed by atoms with Crippen LogP contribution in [0.4, 0.5) is 0 Å². The summed E-state index contributed by atoms with van der Waals surface area (Å²) in [6, 6.07) is 19.6. The minimum absolute atomic E-state index is 0.182. The smallest absolute Gasteiger partial charge is 0.330 e. The van der Waals surface area contributed by atoms with Gasteiger partial charge in [0.1, 0.15) is 17.2 Å². The average Bonchev–Trinajstić information content (AvgIpc) is 3.32. The fraction of sp³-hybridized carbons (Fsp3) is 0.370. The Morgan fingerprint density at radius 2 is 1.70 bits per heavy atom. The molecule has 6 heteroatoms. The van der Waals surface area contributed by atoms with Crippen molar-refractivity contribution in [3.8, 4) is 11.8 Å². The molecule has 172 valence electrons. The van der Waals surface area contributed by atoms with E-state index in [1.807, 2.05) is 19.9 Å². The van der Waals surface area contributed by atoms with Crippen molar-refractivity contribution >= 4 is 11.9 Å². The molecule has 0 saturated heterocycles. The summed E-state index contributed by atoms with van der Waals surface area (Å²) in [6.07, 6.45) is 2.80. The van der Waals surface area contributed by atoms with Gasteiger partial charge in [-0.1, -0.05) is 82.3 Å². The predicted molar refractivity (Wildman–Crippen MR) is 123 cm³/mol. The van der Waals surface area contributed by atoms with Crippen molar-refractivity contribution in [3.05, 3.63) is 78.4 Å². The number of rotatable bonds is 9. The molecule has 0 heterocycles. The van der Waals surface area contributed by atoms with Crippen LogP contribution in [-0.4, -0.2) is 23.7 Å². The number of aliphatic carboxylic acids is 1. The Hall–Kier alpha value is -3.59. The lowest BCUT2D eigenvalue weighted by Crippen LogP contribution is -2.49. The Morgan fingerprint density at radius 1 is 1.12 bits per heavy atom. The van der Waals surface area contributed by atoms with E-state index in [1.54, 1.807) is 74.5 Å². The van der Waals surface area contributed by atoms with Crippen LogP contribution in [0.2, 0.25) is 0 Å². The van der Waals surface area contributed by atoms with Gasteiger partial charge in [-0.05, 0) is 23.5 Å². The molecule has 1 fully saturated rings. The van der Waals surface area contributed by atoms with Crippen LogP contribution in [0.5, 0.6) is 5.75 Å². The molecule has 0 unspecified atom stereocenters. The molecule has 2 aromatic rings. The first-order chi connectivity index (χ1) is 15.6. The maximum atomic E-state index is 13.0. The van der Waals surface area contributed by atoms with E-state index < -0.39 is 34.3 Å². The summed E-state index contributed by atoms with van der Waals surface area (Å²) in [6.45, 7) is 7.68. The largest absolute Gasteiger partial charge is 0.481 e. The van der Waals surface area contributed by atoms with E-state index in [4.69, 9.17) is 9.47 Å². The van der Waals surface area contributed by atoms with Crippen molar-refractivity contribution in [1.29, 1.82) is 5.26 Å². The Morgan fingerprint density at radius 3 is 2.21 bits per heavy atom. The zero-order chi connectivity index (χ0) is 24.3. The lowest BCUT2D eigenvalue weighted by Gasteiger charge is -2.36. The average molecular weight is 448 g/mol. The van der Waals surface area contributed by atoms with Crippen LogP contribution in [0.3, 0.4) is 0 Å². The van der Waals surface area contributed by atoms with Gasteiger partial charge >= 0.3 is 11.9 Å². The van der Waals surface area contributed by atoms with E-state index in [9.17, 15) is 20.0 Å². The zero-order valence-corrected chi connectivity index (χ0v) is 19.3. The van der Waals surface area contributed by atoms with E-state index in [1.165, 1.54) is 6.08 Å². The Bertz CT molecular complexity index is 1070. The van der Waals surface area contributed by atoms with Gasteiger partial charge in [-0.25, -0.2) is 4.79 Å². The van der Waals surface area contributed by atoms with E-state index in [2.05, 4.69) is 6.07 Å². The Labute approximate surface area is 194 Å². The van der Waals surface area contributed by atoms with Crippen molar-refractivity contribution in [3.63, 3.8) is 0 Å². The number of hydrogen-bond donors (Lipinski definition) is 1. The molecule has 33 heavy (non-hydrogen) atoms. The Kier molecular flexibility index (Phi) is 6.64. The maximum Gasteiger partial charge on any atom is 0.330 e. The van der Waals surface area contributed by atoms with Crippen molar-refractivity contribution in [1.82, 2.24) is 0 Å². The third-order valence-electron chi connectivity index (χ3n) is 6.41. The number of nitriles is 1. The molecule has 1 aliphatic rings. The molecule has 0 bridgehead atoms. The van der Waals surface area contributed by atoms with Crippen molar-refractivity contribution in [2.24, 2.45) is 22.7 Å². The SMILES string of the molecule is CC(C)COC(=O)/C=C\[C@@H]1C(C)(C)[C@@]1(C(=O)O)[C@@](C#N)(Oc1ccccc1)c1ccccc1. The maximum absolute atomic E-state index is 13.0. The first-order valence-corrected chi connectivity index (χ1v) is 10.9. The highest BCUT2D eigenvalue weighted by molar-refractivity contribution is 5.87. The molecule has 6 nitrogen and oxygen atoms in total. The number of ether oxygens (including phenoxy) is 2. The number of benzene rings is 2. The number of carboxylic acid groups (broad SMARTS) is 1. The Balaban J connectivity index is 2.12. The van der Waals surface area contributed by atoms with E-state index in [0.29, 0.717) is 11.3 Å². The number of esters is 1.